The normalized spacial score (nSPS) is 13.2. The predicted molar refractivity (Wildman–Crippen MR) is 68.1 cm³/mol. The van der Waals surface area contributed by atoms with Gasteiger partial charge >= 0.3 is 5.97 Å². The van der Waals surface area contributed by atoms with E-state index in [4.69, 9.17) is 4.74 Å². The first-order chi connectivity index (χ1) is 8.09. The number of hydrogen-bond acceptors (Lipinski definition) is 3. The van der Waals surface area contributed by atoms with E-state index in [-0.39, 0.29) is 12.6 Å². The van der Waals surface area contributed by atoms with Crippen molar-refractivity contribution in [3.05, 3.63) is 42.0 Å². The van der Waals surface area contributed by atoms with Gasteiger partial charge in [0.15, 0.2) is 0 Å². The van der Waals surface area contributed by atoms with Crippen LogP contribution < -0.4 is 0 Å². The average molecular weight is 252 g/mol. The van der Waals surface area contributed by atoms with Crippen LogP contribution in [0.3, 0.4) is 0 Å². The summed E-state index contributed by atoms with van der Waals surface area (Å²) in [6.07, 6.45) is 1.78. The molecule has 0 fully saturated rings. The zero-order valence-corrected chi connectivity index (χ0v) is 10.8. The number of benzene rings is 1. The van der Waals surface area contributed by atoms with E-state index in [1.54, 1.807) is 6.08 Å². The minimum absolute atomic E-state index is 0.243. The highest BCUT2D eigenvalue weighted by Gasteiger charge is 2.03. The molecule has 0 heterocycles. The summed E-state index contributed by atoms with van der Waals surface area (Å²) in [5, 5.41) is 0. The molecule has 0 spiro atoms. The lowest BCUT2D eigenvalue weighted by atomic mass is 10.3. The lowest BCUT2D eigenvalue weighted by Gasteiger charge is -2.03. The molecule has 0 aliphatic heterocycles. The summed E-state index contributed by atoms with van der Waals surface area (Å²) < 4.78 is 16.7. The van der Waals surface area contributed by atoms with Crippen LogP contribution in [0.25, 0.3) is 0 Å². The number of carbonyl (C=O) groups excluding carboxylic acids is 1. The minimum Gasteiger partial charge on any atom is -0.462 e. The van der Waals surface area contributed by atoms with Gasteiger partial charge in [0.2, 0.25) is 0 Å². The van der Waals surface area contributed by atoms with Crippen molar-refractivity contribution in [2.45, 2.75) is 18.7 Å². The first-order valence-electron chi connectivity index (χ1n) is 5.32. The Labute approximate surface area is 104 Å². The van der Waals surface area contributed by atoms with Gasteiger partial charge < -0.3 is 4.74 Å². The topological polar surface area (TPSA) is 43.4 Å². The Morgan fingerprint density at radius 2 is 1.94 bits per heavy atom. The van der Waals surface area contributed by atoms with Gasteiger partial charge in [0.1, 0.15) is 6.61 Å². The van der Waals surface area contributed by atoms with Gasteiger partial charge in [-0.3, -0.25) is 9.00 Å². The number of esters is 1. The SMILES string of the molecule is CC(=O)OC/C=C(\C)CS(=O)c1ccccc1. The highest BCUT2D eigenvalue weighted by Crippen LogP contribution is 2.08. The maximum atomic E-state index is 11.9. The van der Waals surface area contributed by atoms with E-state index in [1.807, 2.05) is 37.3 Å². The van der Waals surface area contributed by atoms with Gasteiger partial charge in [0.05, 0.1) is 10.8 Å². The van der Waals surface area contributed by atoms with Crippen LogP contribution in [0.5, 0.6) is 0 Å². The van der Waals surface area contributed by atoms with Crippen molar-refractivity contribution in [2.75, 3.05) is 12.4 Å². The van der Waals surface area contributed by atoms with E-state index in [0.717, 1.165) is 10.5 Å². The van der Waals surface area contributed by atoms with E-state index in [1.165, 1.54) is 6.92 Å². The molecule has 0 bridgehead atoms. The van der Waals surface area contributed by atoms with Gasteiger partial charge in [0.25, 0.3) is 0 Å². The molecular formula is C13H16O3S. The minimum atomic E-state index is -1.04. The summed E-state index contributed by atoms with van der Waals surface area (Å²) in [6, 6.07) is 9.31. The number of carbonyl (C=O) groups is 1. The summed E-state index contributed by atoms with van der Waals surface area (Å²) >= 11 is 0. The van der Waals surface area contributed by atoms with E-state index in [0.29, 0.717) is 5.75 Å². The quantitative estimate of drug-likeness (QED) is 0.596. The van der Waals surface area contributed by atoms with Crippen LogP contribution in [0.15, 0.2) is 46.9 Å². The molecule has 17 heavy (non-hydrogen) atoms. The fourth-order valence-electron chi connectivity index (χ4n) is 1.22. The van der Waals surface area contributed by atoms with Gasteiger partial charge in [-0.25, -0.2) is 0 Å². The predicted octanol–water partition coefficient (Wildman–Crippen LogP) is 2.30. The summed E-state index contributed by atoms with van der Waals surface area (Å²) in [6.45, 7) is 3.49. The molecule has 1 aromatic rings. The molecule has 0 aliphatic carbocycles. The Morgan fingerprint density at radius 1 is 1.29 bits per heavy atom. The van der Waals surface area contributed by atoms with Crippen LogP contribution >= 0.6 is 0 Å². The molecular weight excluding hydrogens is 236 g/mol. The molecule has 0 N–H and O–H groups in total. The summed E-state index contributed by atoms with van der Waals surface area (Å²) in [5.41, 5.74) is 0.952. The molecule has 0 amide bonds. The molecule has 0 radical (unpaired) electrons. The van der Waals surface area contributed by atoms with E-state index < -0.39 is 10.8 Å². The monoisotopic (exact) mass is 252 g/mol. The average Bonchev–Trinajstić information content (AvgIpc) is 2.29. The highest BCUT2D eigenvalue weighted by molar-refractivity contribution is 7.85. The molecule has 92 valence electrons. The molecule has 0 saturated heterocycles. The number of ether oxygens (including phenoxy) is 1. The van der Waals surface area contributed by atoms with Crippen molar-refractivity contribution in [3.63, 3.8) is 0 Å². The van der Waals surface area contributed by atoms with Gasteiger partial charge in [0, 0.05) is 17.6 Å². The Balaban J connectivity index is 2.49. The Bertz CT molecular complexity index is 424. The van der Waals surface area contributed by atoms with E-state index in [9.17, 15) is 9.00 Å². The molecule has 1 atom stereocenters. The Hall–Kier alpha value is -1.42. The lowest BCUT2D eigenvalue weighted by molar-refractivity contribution is -0.139. The van der Waals surface area contributed by atoms with Crippen LogP contribution in [0.1, 0.15) is 13.8 Å². The standard InChI is InChI=1S/C13H16O3S/c1-11(8-9-16-12(2)14)10-17(15)13-6-4-3-5-7-13/h3-8H,9-10H2,1-2H3/b11-8+. The third-order valence-corrected chi connectivity index (χ3v) is 3.60. The lowest BCUT2D eigenvalue weighted by Crippen LogP contribution is -2.02. The zero-order valence-electron chi connectivity index (χ0n) is 10.0. The van der Waals surface area contributed by atoms with E-state index >= 15 is 0 Å². The highest BCUT2D eigenvalue weighted by atomic mass is 32.2. The van der Waals surface area contributed by atoms with Crippen LogP contribution in [-0.2, 0) is 20.3 Å². The molecule has 0 saturated carbocycles. The van der Waals surface area contributed by atoms with Crippen molar-refractivity contribution >= 4 is 16.8 Å². The zero-order chi connectivity index (χ0) is 12.7. The van der Waals surface area contributed by atoms with E-state index in [2.05, 4.69) is 0 Å². The van der Waals surface area contributed by atoms with Crippen molar-refractivity contribution in [1.82, 2.24) is 0 Å². The second-order valence-electron chi connectivity index (χ2n) is 3.66. The first kappa shape index (κ1) is 13.6. The van der Waals surface area contributed by atoms with Gasteiger partial charge in [-0.05, 0) is 25.1 Å². The maximum Gasteiger partial charge on any atom is 0.302 e. The second kappa shape index (κ2) is 7.01. The Morgan fingerprint density at radius 3 is 2.53 bits per heavy atom. The third kappa shape index (κ3) is 5.45. The van der Waals surface area contributed by atoms with Crippen LogP contribution in [0.4, 0.5) is 0 Å². The molecule has 4 heteroatoms. The van der Waals surface area contributed by atoms with Crippen molar-refractivity contribution in [1.29, 1.82) is 0 Å². The summed E-state index contributed by atoms with van der Waals surface area (Å²) in [5.74, 6) is 0.156. The molecule has 3 nitrogen and oxygen atoms in total. The van der Waals surface area contributed by atoms with Crippen LogP contribution in [0.2, 0.25) is 0 Å². The maximum absolute atomic E-state index is 11.9. The van der Waals surface area contributed by atoms with Crippen LogP contribution in [0, 0.1) is 0 Å². The fourth-order valence-corrected chi connectivity index (χ4v) is 2.38. The molecule has 1 rings (SSSR count). The molecule has 0 aromatic heterocycles. The number of hydrogen-bond donors (Lipinski definition) is 0. The molecule has 1 unspecified atom stereocenters. The Kier molecular flexibility index (Phi) is 5.63. The van der Waals surface area contributed by atoms with Crippen LogP contribution in [-0.4, -0.2) is 22.5 Å². The molecule has 1 aromatic carbocycles. The van der Waals surface area contributed by atoms with Gasteiger partial charge in [-0.15, -0.1) is 0 Å². The molecule has 0 aliphatic rings. The van der Waals surface area contributed by atoms with Gasteiger partial charge in [-0.2, -0.15) is 0 Å². The summed E-state index contributed by atoms with van der Waals surface area (Å²) in [4.78, 5) is 11.4. The van der Waals surface area contributed by atoms with Gasteiger partial charge in [-0.1, -0.05) is 23.8 Å². The smallest absolute Gasteiger partial charge is 0.302 e. The second-order valence-corrected chi connectivity index (χ2v) is 5.11. The largest absolute Gasteiger partial charge is 0.462 e. The van der Waals surface area contributed by atoms with Crippen molar-refractivity contribution in [2.24, 2.45) is 0 Å². The third-order valence-electron chi connectivity index (χ3n) is 2.08. The fraction of sp³-hybridized carbons (Fsp3) is 0.308. The van der Waals surface area contributed by atoms with Crippen molar-refractivity contribution < 1.29 is 13.7 Å². The first-order valence-corrected chi connectivity index (χ1v) is 6.64. The number of rotatable bonds is 5. The summed E-state index contributed by atoms with van der Waals surface area (Å²) in [7, 11) is -1.04. The van der Waals surface area contributed by atoms with Crippen molar-refractivity contribution in [3.8, 4) is 0 Å².